The molecule has 0 aliphatic carbocycles. The second kappa shape index (κ2) is 10.0. The van der Waals surface area contributed by atoms with Crippen molar-refractivity contribution in [1.29, 1.82) is 0 Å². The quantitative estimate of drug-likeness (QED) is 0.727. The number of fused-ring (bicyclic) bond motifs is 1. The second-order valence-corrected chi connectivity index (χ2v) is 7.55. The number of aliphatic carboxylic acids is 1. The zero-order valence-electron chi connectivity index (χ0n) is 17.0. The molecule has 0 aromatic carbocycles. The monoisotopic (exact) mass is 453 g/mol. The Morgan fingerprint density at radius 3 is 2.56 bits per heavy atom. The standard InChI is InChI=1S/C19H21N3O3.C2HF3O2/c23-19(24)17-16-3-6-22(10-13-4-7-25-12-13)11-15(16)9-21-18(17)14-2-1-5-20-8-14;3-2(4,5)1(6)7/h1-2,5,8-9,13H,3-4,6-7,10-12H2,(H,23,24);(H,6,7). The molecule has 0 amide bonds. The first-order valence-corrected chi connectivity index (χ1v) is 9.91. The first-order valence-electron chi connectivity index (χ1n) is 9.91. The predicted molar refractivity (Wildman–Crippen MR) is 106 cm³/mol. The van der Waals surface area contributed by atoms with Crippen LogP contribution in [0.4, 0.5) is 13.2 Å². The summed E-state index contributed by atoms with van der Waals surface area (Å²) in [5, 5.41) is 16.9. The van der Waals surface area contributed by atoms with Gasteiger partial charge in [-0.25, -0.2) is 9.59 Å². The van der Waals surface area contributed by atoms with E-state index in [2.05, 4.69) is 14.9 Å². The van der Waals surface area contributed by atoms with Crippen LogP contribution in [0.25, 0.3) is 11.3 Å². The van der Waals surface area contributed by atoms with Gasteiger partial charge in [-0.2, -0.15) is 13.2 Å². The molecule has 8 nitrogen and oxygen atoms in total. The van der Waals surface area contributed by atoms with Gasteiger partial charge in [-0.15, -0.1) is 0 Å². The SMILES string of the molecule is O=C(O)C(F)(F)F.O=C(O)c1c(-c2cccnc2)ncc2c1CCN(CC1CCOC1)C2. The third-order valence-electron chi connectivity index (χ3n) is 5.28. The van der Waals surface area contributed by atoms with Crippen molar-refractivity contribution in [2.24, 2.45) is 5.92 Å². The van der Waals surface area contributed by atoms with Gasteiger partial charge in [0.15, 0.2) is 0 Å². The molecule has 0 spiro atoms. The van der Waals surface area contributed by atoms with Gasteiger partial charge in [0.1, 0.15) is 0 Å². The highest BCUT2D eigenvalue weighted by atomic mass is 19.4. The molecule has 11 heteroatoms. The first-order chi connectivity index (χ1) is 15.2. The van der Waals surface area contributed by atoms with Gasteiger partial charge >= 0.3 is 18.1 Å². The van der Waals surface area contributed by atoms with Crippen LogP contribution in [0.15, 0.2) is 30.7 Å². The number of hydrogen-bond donors (Lipinski definition) is 2. The third-order valence-corrected chi connectivity index (χ3v) is 5.28. The predicted octanol–water partition coefficient (Wildman–Crippen LogP) is 2.87. The molecule has 1 fully saturated rings. The van der Waals surface area contributed by atoms with Crippen molar-refractivity contribution in [2.45, 2.75) is 25.6 Å². The van der Waals surface area contributed by atoms with E-state index in [1.807, 2.05) is 12.3 Å². The van der Waals surface area contributed by atoms with E-state index < -0.39 is 18.1 Å². The van der Waals surface area contributed by atoms with Crippen molar-refractivity contribution < 1.29 is 37.7 Å². The number of nitrogens with zero attached hydrogens (tertiary/aromatic N) is 3. The van der Waals surface area contributed by atoms with Crippen molar-refractivity contribution >= 4 is 11.9 Å². The molecular weight excluding hydrogens is 431 g/mol. The smallest absolute Gasteiger partial charge is 0.478 e. The maximum atomic E-state index is 11.9. The number of ether oxygens (including phenoxy) is 1. The molecule has 2 aliphatic heterocycles. The van der Waals surface area contributed by atoms with Gasteiger partial charge < -0.3 is 14.9 Å². The van der Waals surface area contributed by atoms with Gasteiger partial charge in [0.05, 0.1) is 17.9 Å². The molecule has 1 saturated heterocycles. The fourth-order valence-electron chi connectivity index (χ4n) is 3.80. The lowest BCUT2D eigenvalue weighted by atomic mass is 9.92. The average Bonchev–Trinajstić information content (AvgIpc) is 3.26. The number of aromatic nitrogens is 2. The number of rotatable bonds is 4. The van der Waals surface area contributed by atoms with Gasteiger partial charge in [0, 0.05) is 50.4 Å². The number of alkyl halides is 3. The molecule has 172 valence electrons. The highest BCUT2D eigenvalue weighted by Crippen LogP contribution is 2.30. The molecule has 2 aromatic heterocycles. The second-order valence-electron chi connectivity index (χ2n) is 7.55. The van der Waals surface area contributed by atoms with E-state index >= 15 is 0 Å². The Morgan fingerprint density at radius 2 is 2.00 bits per heavy atom. The molecule has 2 aromatic rings. The number of aromatic carboxylic acids is 1. The molecule has 1 unspecified atom stereocenters. The van der Waals surface area contributed by atoms with Crippen LogP contribution in [0.3, 0.4) is 0 Å². The lowest BCUT2D eigenvalue weighted by Gasteiger charge is -2.31. The Morgan fingerprint density at radius 1 is 1.25 bits per heavy atom. The van der Waals surface area contributed by atoms with Crippen molar-refractivity contribution in [3.63, 3.8) is 0 Å². The van der Waals surface area contributed by atoms with Crippen LogP contribution in [0.2, 0.25) is 0 Å². The molecule has 0 bridgehead atoms. The summed E-state index contributed by atoms with van der Waals surface area (Å²) in [7, 11) is 0. The maximum absolute atomic E-state index is 11.9. The summed E-state index contributed by atoms with van der Waals surface area (Å²) in [6, 6.07) is 3.65. The van der Waals surface area contributed by atoms with Crippen molar-refractivity contribution in [3.05, 3.63) is 47.4 Å². The summed E-state index contributed by atoms with van der Waals surface area (Å²) in [4.78, 5) is 31.8. The third kappa shape index (κ3) is 5.80. The highest BCUT2D eigenvalue weighted by Gasteiger charge is 2.38. The fraction of sp³-hybridized carbons (Fsp3) is 0.429. The summed E-state index contributed by atoms with van der Waals surface area (Å²) in [5.74, 6) is -3.09. The van der Waals surface area contributed by atoms with Crippen molar-refractivity contribution in [3.8, 4) is 11.3 Å². The lowest BCUT2D eigenvalue weighted by Crippen LogP contribution is -2.35. The van der Waals surface area contributed by atoms with Crippen LogP contribution in [0.1, 0.15) is 27.9 Å². The van der Waals surface area contributed by atoms with Crippen LogP contribution < -0.4 is 0 Å². The minimum atomic E-state index is -5.08. The summed E-state index contributed by atoms with van der Waals surface area (Å²) >= 11 is 0. The molecule has 2 aliphatic rings. The van der Waals surface area contributed by atoms with Crippen molar-refractivity contribution in [2.75, 3.05) is 26.3 Å². The van der Waals surface area contributed by atoms with Gasteiger partial charge in [0.2, 0.25) is 0 Å². The molecular formula is C21H22F3N3O5. The highest BCUT2D eigenvalue weighted by molar-refractivity contribution is 5.96. The molecule has 0 saturated carbocycles. The lowest BCUT2D eigenvalue weighted by molar-refractivity contribution is -0.192. The number of pyridine rings is 2. The maximum Gasteiger partial charge on any atom is 0.490 e. The normalized spacial score (nSPS) is 18.4. The van der Waals surface area contributed by atoms with Crippen LogP contribution in [-0.4, -0.2) is 69.5 Å². The van der Waals surface area contributed by atoms with Gasteiger partial charge in [0.25, 0.3) is 0 Å². The Labute approximate surface area is 181 Å². The molecule has 4 rings (SSSR count). The number of carbonyl (C=O) groups is 2. The van der Waals surface area contributed by atoms with E-state index in [-0.39, 0.29) is 0 Å². The van der Waals surface area contributed by atoms with E-state index in [0.29, 0.717) is 17.2 Å². The van der Waals surface area contributed by atoms with E-state index in [0.717, 1.165) is 62.4 Å². The van der Waals surface area contributed by atoms with Crippen LogP contribution in [-0.2, 0) is 22.5 Å². The number of hydrogen-bond acceptors (Lipinski definition) is 6. The Hall–Kier alpha value is -3.05. The van der Waals surface area contributed by atoms with Crippen LogP contribution >= 0.6 is 0 Å². The Kier molecular flexibility index (Phi) is 7.41. The summed E-state index contributed by atoms with van der Waals surface area (Å²) in [6.07, 6.45) is 1.94. The van der Waals surface area contributed by atoms with Gasteiger partial charge in [-0.05, 0) is 42.0 Å². The number of halogens is 3. The zero-order chi connectivity index (χ0) is 23.3. The molecule has 4 heterocycles. The van der Waals surface area contributed by atoms with Gasteiger partial charge in [-0.1, -0.05) is 0 Å². The summed E-state index contributed by atoms with van der Waals surface area (Å²) < 4.78 is 37.2. The molecule has 0 radical (unpaired) electrons. The fourth-order valence-corrected chi connectivity index (χ4v) is 3.80. The van der Waals surface area contributed by atoms with Gasteiger partial charge in [-0.3, -0.25) is 14.9 Å². The largest absolute Gasteiger partial charge is 0.490 e. The minimum absolute atomic E-state index is 0.328. The van der Waals surface area contributed by atoms with Crippen LogP contribution in [0, 0.1) is 5.92 Å². The van der Waals surface area contributed by atoms with E-state index in [1.165, 1.54) is 0 Å². The van der Waals surface area contributed by atoms with E-state index in [1.54, 1.807) is 18.5 Å². The number of carboxylic acids is 2. The van der Waals surface area contributed by atoms with Crippen molar-refractivity contribution in [1.82, 2.24) is 14.9 Å². The summed E-state index contributed by atoms with van der Waals surface area (Å²) in [6.45, 7) is 4.33. The molecule has 32 heavy (non-hydrogen) atoms. The van der Waals surface area contributed by atoms with E-state index in [9.17, 15) is 23.1 Å². The average molecular weight is 453 g/mol. The molecule has 1 atom stereocenters. The molecule has 2 N–H and O–H groups in total. The van der Waals surface area contributed by atoms with E-state index in [4.69, 9.17) is 14.6 Å². The Balaban J connectivity index is 0.000000360. The minimum Gasteiger partial charge on any atom is -0.478 e. The Bertz CT molecular complexity index is 963. The summed E-state index contributed by atoms with van der Waals surface area (Å²) in [5.41, 5.74) is 3.52. The zero-order valence-corrected chi connectivity index (χ0v) is 17.0. The van der Waals surface area contributed by atoms with Crippen LogP contribution in [0.5, 0.6) is 0 Å². The topological polar surface area (TPSA) is 113 Å². The number of carboxylic acid groups (broad SMARTS) is 2. The first kappa shape index (κ1) is 23.6.